The summed E-state index contributed by atoms with van der Waals surface area (Å²) in [6.07, 6.45) is 6.84. The number of nitrogens with zero attached hydrogens (tertiary/aromatic N) is 2. The summed E-state index contributed by atoms with van der Waals surface area (Å²) in [5, 5.41) is 6.10. The van der Waals surface area contributed by atoms with Crippen LogP contribution in [0, 0.1) is 5.41 Å². The molecule has 2 fully saturated rings. The Morgan fingerprint density at radius 1 is 1.19 bits per heavy atom. The second kappa shape index (κ2) is 9.58. The van der Waals surface area contributed by atoms with Gasteiger partial charge in [0.2, 0.25) is 0 Å². The van der Waals surface area contributed by atoms with Gasteiger partial charge >= 0.3 is 0 Å². The first kappa shape index (κ1) is 21.0. The predicted molar refractivity (Wildman–Crippen MR) is 117 cm³/mol. The zero-order valence-corrected chi connectivity index (χ0v) is 18.2. The number of nitrogens with one attached hydrogen (secondary N) is 2. The van der Waals surface area contributed by atoms with Crippen LogP contribution in [0.4, 0.5) is 0 Å². The lowest BCUT2D eigenvalue weighted by Gasteiger charge is -2.26. The molecule has 144 valence electrons. The number of carbonyl (C=O) groups is 1. The van der Waals surface area contributed by atoms with E-state index >= 15 is 0 Å². The number of hydrogen-bond donors (Lipinski definition) is 2. The van der Waals surface area contributed by atoms with Crippen molar-refractivity contribution in [3.63, 3.8) is 0 Å². The van der Waals surface area contributed by atoms with Gasteiger partial charge in [0.1, 0.15) is 0 Å². The van der Waals surface area contributed by atoms with Crippen LogP contribution in [-0.4, -0.2) is 43.4 Å². The number of guanidine groups is 1. The second-order valence-corrected chi connectivity index (χ2v) is 7.32. The molecule has 1 aliphatic carbocycles. The van der Waals surface area contributed by atoms with E-state index in [1.54, 1.807) is 7.05 Å². The molecule has 5 nitrogen and oxygen atoms in total. The van der Waals surface area contributed by atoms with E-state index in [1.807, 2.05) is 24.3 Å². The highest BCUT2D eigenvalue weighted by atomic mass is 127. The molecule has 1 saturated heterocycles. The Balaban J connectivity index is 0.00000243. The van der Waals surface area contributed by atoms with Crippen molar-refractivity contribution >= 4 is 35.8 Å². The fourth-order valence-corrected chi connectivity index (χ4v) is 4.15. The third-order valence-electron chi connectivity index (χ3n) is 5.59. The second-order valence-electron chi connectivity index (χ2n) is 7.32. The molecule has 0 unspecified atom stereocenters. The van der Waals surface area contributed by atoms with Crippen molar-refractivity contribution in [1.29, 1.82) is 0 Å². The lowest BCUT2D eigenvalue weighted by Crippen LogP contribution is -2.41. The van der Waals surface area contributed by atoms with E-state index in [1.165, 1.54) is 32.1 Å². The molecular formula is C20H31IN4O. The van der Waals surface area contributed by atoms with E-state index in [9.17, 15) is 4.79 Å². The van der Waals surface area contributed by atoms with Crippen molar-refractivity contribution in [2.75, 3.05) is 26.7 Å². The average Bonchev–Trinajstić information content (AvgIpc) is 3.28. The van der Waals surface area contributed by atoms with Gasteiger partial charge in [-0.25, -0.2) is 4.99 Å². The molecule has 1 saturated carbocycles. The molecule has 1 spiro atoms. The minimum atomic E-state index is -0.0534. The molecule has 26 heavy (non-hydrogen) atoms. The van der Waals surface area contributed by atoms with Crippen LogP contribution in [0.1, 0.15) is 54.9 Å². The Morgan fingerprint density at radius 3 is 2.50 bits per heavy atom. The van der Waals surface area contributed by atoms with Crippen LogP contribution in [0.15, 0.2) is 29.3 Å². The van der Waals surface area contributed by atoms with Gasteiger partial charge in [0.05, 0.1) is 6.54 Å². The van der Waals surface area contributed by atoms with Crippen molar-refractivity contribution in [1.82, 2.24) is 15.5 Å². The molecule has 1 heterocycles. The highest BCUT2D eigenvalue weighted by Gasteiger charge is 2.41. The monoisotopic (exact) mass is 470 g/mol. The number of likely N-dealkylation sites (tertiary alicyclic amines) is 1. The van der Waals surface area contributed by atoms with Gasteiger partial charge in [-0.1, -0.05) is 25.0 Å². The minimum Gasteiger partial charge on any atom is -0.357 e. The largest absolute Gasteiger partial charge is 0.357 e. The van der Waals surface area contributed by atoms with Gasteiger partial charge in [0.15, 0.2) is 5.96 Å². The number of carbonyl (C=O) groups excluding carboxylic acids is 1. The van der Waals surface area contributed by atoms with Gasteiger partial charge in [0.25, 0.3) is 5.91 Å². The zero-order chi connectivity index (χ0) is 17.7. The molecule has 0 bridgehead atoms. The normalized spacial score (nSPS) is 18.7. The molecule has 0 aromatic heterocycles. The van der Waals surface area contributed by atoms with Gasteiger partial charge in [-0.3, -0.25) is 4.79 Å². The van der Waals surface area contributed by atoms with Crippen LogP contribution in [-0.2, 0) is 6.54 Å². The van der Waals surface area contributed by atoms with E-state index in [4.69, 9.17) is 4.99 Å². The van der Waals surface area contributed by atoms with E-state index in [-0.39, 0.29) is 29.9 Å². The van der Waals surface area contributed by atoms with Crippen LogP contribution < -0.4 is 10.6 Å². The minimum absolute atomic E-state index is 0. The third-order valence-corrected chi connectivity index (χ3v) is 5.59. The fraction of sp³-hybridized carbons (Fsp3) is 0.600. The van der Waals surface area contributed by atoms with Crippen molar-refractivity contribution < 1.29 is 4.79 Å². The molecule has 0 atom stereocenters. The molecule has 2 N–H and O–H groups in total. The Kier molecular flexibility index (Phi) is 7.73. The molecule has 6 heteroatoms. The zero-order valence-electron chi connectivity index (χ0n) is 15.9. The van der Waals surface area contributed by atoms with E-state index < -0.39 is 0 Å². The Morgan fingerprint density at radius 2 is 1.88 bits per heavy atom. The van der Waals surface area contributed by atoms with E-state index in [0.29, 0.717) is 17.5 Å². The van der Waals surface area contributed by atoms with Crippen molar-refractivity contribution in [3.05, 3.63) is 35.4 Å². The Labute approximate surface area is 174 Å². The lowest BCUT2D eigenvalue weighted by molar-refractivity contribution is 0.0963. The number of benzene rings is 1. The van der Waals surface area contributed by atoms with Crippen LogP contribution in [0.25, 0.3) is 0 Å². The maximum absolute atomic E-state index is 11.6. The molecule has 1 aliphatic heterocycles. The number of halogens is 1. The van der Waals surface area contributed by atoms with Gasteiger partial charge in [-0.2, -0.15) is 0 Å². The molecule has 1 aromatic rings. The highest BCUT2D eigenvalue weighted by molar-refractivity contribution is 14.0. The molecular weight excluding hydrogens is 439 g/mol. The Bertz CT molecular complexity index is 623. The average molecular weight is 470 g/mol. The summed E-state index contributed by atoms with van der Waals surface area (Å²) in [5.41, 5.74) is 2.36. The summed E-state index contributed by atoms with van der Waals surface area (Å²) in [7, 11) is 1.65. The maximum atomic E-state index is 11.6. The lowest BCUT2D eigenvalue weighted by atomic mass is 9.86. The van der Waals surface area contributed by atoms with Crippen molar-refractivity contribution in [3.8, 4) is 0 Å². The van der Waals surface area contributed by atoms with Gasteiger partial charge in [0, 0.05) is 32.2 Å². The fourth-order valence-electron chi connectivity index (χ4n) is 4.15. The summed E-state index contributed by atoms with van der Waals surface area (Å²) in [4.78, 5) is 18.9. The summed E-state index contributed by atoms with van der Waals surface area (Å²) in [6, 6.07) is 7.69. The molecule has 3 rings (SSSR count). The maximum Gasteiger partial charge on any atom is 0.251 e. The van der Waals surface area contributed by atoms with Crippen LogP contribution in [0.2, 0.25) is 0 Å². The van der Waals surface area contributed by atoms with Crippen LogP contribution >= 0.6 is 24.0 Å². The van der Waals surface area contributed by atoms with E-state index in [2.05, 4.69) is 22.5 Å². The first-order chi connectivity index (χ1) is 12.2. The first-order valence-corrected chi connectivity index (χ1v) is 9.50. The topological polar surface area (TPSA) is 56.7 Å². The molecule has 0 radical (unpaired) electrons. The first-order valence-electron chi connectivity index (χ1n) is 9.50. The van der Waals surface area contributed by atoms with Gasteiger partial charge in [-0.05, 0) is 49.3 Å². The molecule has 1 aromatic carbocycles. The summed E-state index contributed by atoms with van der Waals surface area (Å²) >= 11 is 0. The number of amides is 1. The number of hydrogen-bond acceptors (Lipinski definition) is 2. The SMILES string of the molecule is CCNC(=NCc1ccc(C(=O)NC)cc1)N1CCC2(CCCC2)C1.I. The quantitative estimate of drug-likeness (QED) is 0.403. The van der Waals surface area contributed by atoms with Crippen molar-refractivity contribution in [2.45, 2.75) is 45.6 Å². The smallest absolute Gasteiger partial charge is 0.251 e. The summed E-state index contributed by atoms with van der Waals surface area (Å²) < 4.78 is 0. The third kappa shape index (κ3) is 4.90. The standard InChI is InChI=1S/C20H30N4O.HI/c1-3-22-19(24-13-12-20(15-24)10-4-5-11-20)23-14-16-6-8-17(9-7-16)18(25)21-2;/h6-9H,3-5,10-15H2,1-2H3,(H,21,25)(H,22,23);1H. The van der Waals surface area contributed by atoms with Gasteiger partial charge in [-0.15, -0.1) is 24.0 Å². The molecule has 2 aliphatic rings. The Hall–Kier alpha value is -1.31. The van der Waals surface area contributed by atoms with Gasteiger partial charge < -0.3 is 15.5 Å². The number of rotatable bonds is 4. The predicted octanol–water partition coefficient (Wildman–Crippen LogP) is 3.40. The van der Waals surface area contributed by atoms with Crippen LogP contribution in [0.3, 0.4) is 0 Å². The van der Waals surface area contributed by atoms with Crippen LogP contribution in [0.5, 0.6) is 0 Å². The molecule has 1 amide bonds. The summed E-state index contributed by atoms with van der Waals surface area (Å²) in [5.74, 6) is 0.976. The van der Waals surface area contributed by atoms with E-state index in [0.717, 1.165) is 31.2 Å². The highest BCUT2D eigenvalue weighted by Crippen LogP contribution is 2.45. The summed E-state index contributed by atoms with van der Waals surface area (Å²) in [6.45, 7) is 5.91. The number of aliphatic imine (C=N–C) groups is 1. The van der Waals surface area contributed by atoms with Crippen molar-refractivity contribution in [2.24, 2.45) is 10.4 Å².